The summed E-state index contributed by atoms with van der Waals surface area (Å²) < 4.78 is 4.93. The van der Waals surface area contributed by atoms with E-state index in [9.17, 15) is 4.79 Å². The minimum atomic E-state index is -0.772. The molecule has 0 unspecified atom stereocenters. The van der Waals surface area contributed by atoms with E-state index in [4.69, 9.17) is 10.5 Å². The molecule has 4 heteroatoms. The summed E-state index contributed by atoms with van der Waals surface area (Å²) in [6, 6.07) is 0. The zero-order chi connectivity index (χ0) is 9.57. The Balaban J connectivity index is 2.95. The van der Waals surface area contributed by atoms with Crippen molar-refractivity contribution in [3.05, 3.63) is 0 Å². The number of carbonyl (C=O) groups is 1. The first kappa shape index (κ1) is 9.19. The summed E-state index contributed by atoms with van der Waals surface area (Å²) in [5, 5.41) is 0. The molecule has 2 N–H and O–H groups in total. The molecule has 0 aliphatic carbocycles. The summed E-state index contributed by atoms with van der Waals surface area (Å²) in [4.78, 5) is 15.3. The molecule has 0 spiro atoms. The summed E-state index contributed by atoms with van der Waals surface area (Å²) in [5.41, 5.74) is 4.27. The molecule has 0 aromatic heterocycles. The minimum absolute atomic E-state index is 0.317. The van der Waals surface area contributed by atoms with Gasteiger partial charge in [-0.1, -0.05) is 0 Å². The first-order valence-electron chi connectivity index (χ1n) is 3.85. The lowest BCUT2D eigenvalue weighted by molar-refractivity contribution is -0.138. The number of nitrogens with two attached hydrogens (primary N) is 1. The molecule has 68 valence electrons. The molecule has 1 rings (SSSR count). The molecule has 0 saturated heterocycles. The molecule has 0 aromatic rings. The predicted molar refractivity (Wildman–Crippen MR) is 45.9 cm³/mol. The number of nitrogens with zero attached hydrogens (tertiary/aromatic N) is 1. The minimum Gasteiger partial charge on any atom is -0.408 e. The van der Waals surface area contributed by atoms with Gasteiger partial charge < -0.3 is 10.5 Å². The van der Waals surface area contributed by atoms with E-state index in [-0.39, 0.29) is 5.97 Å². The summed E-state index contributed by atoms with van der Waals surface area (Å²) in [5.74, 6) is -0.0199. The van der Waals surface area contributed by atoms with E-state index in [0.29, 0.717) is 5.90 Å². The lowest BCUT2D eigenvalue weighted by atomic mass is 10.1. The van der Waals surface area contributed by atoms with Gasteiger partial charge in [-0.15, -0.1) is 0 Å². The lowest BCUT2D eigenvalue weighted by Gasteiger charge is -2.15. The third-order valence-electron chi connectivity index (χ3n) is 1.62. The van der Waals surface area contributed by atoms with Gasteiger partial charge >= 0.3 is 5.97 Å². The number of aliphatic imine (C=N–C) groups is 1. The van der Waals surface area contributed by atoms with Gasteiger partial charge in [0.2, 0.25) is 5.90 Å². The third-order valence-corrected chi connectivity index (χ3v) is 1.62. The van der Waals surface area contributed by atoms with Crippen LogP contribution in [0.1, 0.15) is 27.7 Å². The highest BCUT2D eigenvalue weighted by atomic mass is 16.6. The maximum Gasteiger partial charge on any atom is 0.340 e. The van der Waals surface area contributed by atoms with Crippen LogP contribution in [0.4, 0.5) is 0 Å². The average molecular weight is 170 g/mol. The predicted octanol–water partition coefficient (Wildman–Crippen LogP) is 0.458. The molecule has 1 aliphatic rings. The van der Waals surface area contributed by atoms with Crippen LogP contribution in [-0.2, 0) is 9.53 Å². The van der Waals surface area contributed by atoms with E-state index in [1.165, 1.54) is 0 Å². The average Bonchev–Trinajstić information content (AvgIpc) is 2.06. The van der Waals surface area contributed by atoms with E-state index in [2.05, 4.69) is 4.99 Å². The van der Waals surface area contributed by atoms with Crippen LogP contribution in [-0.4, -0.2) is 22.9 Å². The molecule has 0 amide bonds. The molecule has 0 aromatic carbocycles. The lowest BCUT2D eigenvalue weighted by Crippen LogP contribution is -2.42. The zero-order valence-electron chi connectivity index (χ0n) is 7.84. The first-order chi connectivity index (χ1) is 5.23. The Morgan fingerprint density at radius 2 is 2.00 bits per heavy atom. The Hall–Kier alpha value is -0.900. The normalized spacial score (nSPS) is 22.1. The topological polar surface area (TPSA) is 64.7 Å². The second kappa shape index (κ2) is 2.29. The monoisotopic (exact) mass is 170 g/mol. The van der Waals surface area contributed by atoms with Gasteiger partial charge in [0, 0.05) is 0 Å². The first-order valence-corrected chi connectivity index (χ1v) is 3.85. The number of hydrogen-bond donors (Lipinski definition) is 1. The van der Waals surface area contributed by atoms with Gasteiger partial charge in [0.25, 0.3) is 0 Å². The fourth-order valence-electron chi connectivity index (χ4n) is 0.811. The van der Waals surface area contributed by atoms with Crippen molar-refractivity contribution in [2.75, 3.05) is 0 Å². The summed E-state index contributed by atoms with van der Waals surface area (Å²) >= 11 is 0. The van der Waals surface area contributed by atoms with E-state index in [1.54, 1.807) is 27.7 Å². The van der Waals surface area contributed by atoms with Crippen molar-refractivity contribution in [3.8, 4) is 0 Å². The van der Waals surface area contributed by atoms with Crippen molar-refractivity contribution in [3.63, 3.8) is 0 Å². The number of cyclic esters (lactones) is 1. The molecular weight excluding hydrogens is 156 g/mol. The second-order valence-corrected chi connectivity index (χ2v) is 4.09. The Labute approximate surface area is 71.8 Å². The number of rotatable bonds is 1. The van der Waals surface area contributed by atoms with Crippen molar-refractivity contribution < 1.29 is 9.53 Å². The maximum absolute atomic E-state index is 11.2. The third kappa shape index (κ3) is 1.48. The van der Waals surface area contributed by atoms with Gasteiger partial charge in [0.05, 0.1) is 5.54 Å². The van der Waals surface area contributed by atoms with Crippen molar-refractivity contribution in [1.29, 1.82) is 0 Å². The van der Waals surface area contributed by atoms with Crippen molar-refractivity contribution in [2.45, 2.75) is 38.8 Å². The van der Waals surface area contributed by atoms with Crippen molar-refractivity contribution in [1.82, 2.24) is 0 Å². The van der Waals surface area contributed by atoms with Crippen LogP contribution in [0.2, 0.25) is 0 Å². The van der Waals surface area contributed by atoms with Crippen LogP contribution in [0.15, 0.2) is 4.99 Å². The van der Waals surface area contributed by atoms with Gasteiger partial charge in [0.1, 0.15) is 0 Å². The second-order valence-electron chi connectivity index (χ2n) is 4.09. The molecular formula is C8H14N2O2. The van der Waals surface area contributed by atoms with E-state index >= 15 is 0 Å². The Morgan fingerprint density at radius 3 is 2.17 bits per heavy atom. The molecule has 0 bridgehead atoms. The molecule has 1 heterocycles. The van der Waals surface area contributed by atoms with Gasteiger partial charge in [-0.25, -0.2) is 9.79 Å². The Kier molecular flexibility index (Phi) is 1.76. The van der Waals surface area contributed by atoms with Crippen LogP contribution >= 0.6 is 0 Å². The molecule has 1 aliphatic heterocycles. The molecule has 0 fully saturated rings. The fraction of sp³-hybridized carbons (Fsp3) is 0.750. The largest absolute Gasteiger partial charge is 0.408 e. The standard InChI is InChI=1S/C8H14N2O2/c1-7(2,9)5-10-8(3,4)6(11)12-5/h9H2,1-4H3. The summed E-state index contributed by atoms with van der Waals surface area (Å²) in [6.45, 7) is 6.91. The quantitative estimate of drug-likeness (QED) is 0.581. The zero-order valence-corrected chi connectivity index (χ0v) is 7.84. The van der Waals surface area contributed by atoms with Crippen LogP contribution in [0.25, 0.3) is 0 Å². The highest BCUT2D eigenvalue weighted by Gasteiger charge is 2.41. The number of hydrogen-bond acceptors (Lipinski definition) is 4. The summed E-state index contributed by atoms with van der Waals surface area (Å²) in [7, 11) is 0. The summed E-state index contributed by atoms with van der Waals surface area (Å²) in [6.07, 6.45) is 0. The molecule has 0 saturated carbocycles. The van der Waals surface area contributed by atoms with Gasteiger partial charge in [-0.05, 0) is 27.7 Å². The highest BCUT2D eigenvalue weighted by molar-refractivity contribution is 6.03. The smallest absolute Gasteiger partial charge is 0.340 e. The van der Waals surface area contributed by atoms with Gasteiger partial charge in [-0.2, -0.15) is 0 Å². The maximum atomic E-state index is 11.2. The number of esters is 1. The number of carbonyl (C=O) groups excluding carboxylic acids is 1. The van der Waals surface area contributed by atoms with Crippen LogP contribution in [0, 0.1) is 0 Å². The fourth-order valence-corrected chi connectivity index (χ4v) is 0.811. The van der Waals surface area contributed by atoms with E-state index in [0.717, 1.165) is 0 Å². The van der Waals surface area contributed by atoms with E-state index < -0.39 is 11.1 Å². The van der Waals surface area contributed by atoms with Crippen LogP contribution in [0.5, 0.6) is 0 Å². The molecule has 0 radical (unpaired) electrons. The Bertz CT molecular complexity index is 248. The van der Waals surface area contributed by atoms with Crippen LogP contribution in [0.3, 0.4) is 0 Å². The molecule has 12 heavy (non-hydrogen) atoms. The highest BCUT2D eigenvalue weighted by Crippen LogP contribution is 2.22. The van der Waals surface area contributed by atoms with Crippen LogP contribution < -0.4 is 5.73 Å². The van der Waals surface area contributed by atoms with E-state index in [1.807, 2.05) is 0 Å². The van der Waals surface area contributed by atoms with Gasteiger partial charge in [-0.3, -0.25) is 0 Å². The van der Waals surface area contributed by atoms with Gasteiger partial charge in [0.15, 0.2) is 5.54 Å². The number of ether oxygens (including phenoxy) is 1. The van der Waals surface area contributed by atoms with Crippen molar-refractivity contribution >= 4 is 11.9 Å². The molecule has 4 nitrogen and oxygen atoms in total. The SMILES string of the molecule is CC(C)(N)C1=NC(C)(C)C(=O)O1. The van der Waals surface area contributed by atoms with Crippen molar-refractivity contribution in [2.24, 2.45) is 10.7 Å². The Morgan fingerprint density at radius 1 is 1.50 bits per heavy atom. The molecule has 0 atom stereocenters.